The molecule has 1 aliphatic rings. The van der Waals surface area contributed by atoms with Gasteiger partial charge in [0.2, 0.25) is 0 Å². The third-order valence-corrected chi connectivity index (χ3v) is 3.07. The highest BCUT2D eigenvalue weighted by Crippen LogP contribution is 2.18. The predicted octanol–water partition coefficient (Wildman–Crippen LogP) is -0.783. The zero-order chi connectivity index (χ0) is 10.5. The number of hydrogen-bond donors (Lipinski definition) is 1. The molecular formula is C13H17ClN2. The minimum absolute atomic E-state index is 0. The van der Waals surface area contributed by atoms with E-state index in [0.29, 0.717) is 0 Å². The molecule has 16 heavy (non-hydrogen) atoms. The molecule has 1 aromatic rings. The van der Waals surface area contributed by atoms with Crippen molar-refractivity contribution in [3.05, 3.63) is 35.4 Å². The van der Waals surface area contributed by atoms with Crippen molar-refractivity contribution in [2.75, 3.05) is 13.1 Å². The molecule has 1 aliphatic heterocycles. The normalized spacial score (nSPS) is 16.2. The van der Waals surface area contributed by atoms with E-state index in [0.717, 1.165) is 31.0 Å². The fraction of sp³-hybridized carbons (Fsp3) is 0.462. The molecule has 0 radical (unpaired) electrons. The maximum atomic E-state index is 8.69. The van der Waals surface area contributed by atoms with Crippen LogP contribution in [-0.2, 0) is 6.42 Å². The molecule has 0 spiro atoms. The van der Waals surface area contributed by atoms with E-state index in [1.807, 2.05) is 12.1 Å². The molecule has 1 aromatic carbocycles. The van der Waals surface area contributed by atoms with E-state index in [1.54, 1.807) is 0 Å². The second kappa shape index (κ2) is 6.52. The molecule has 0 amide bonds. The van der Waals surface area contributed by atoms with Gasteiger partial charge >= 0.3 is 1.43 Å². The van der Waals surface area contributed by atoms with Crippen LogP contribution in [0.25, 0.3) is 0 Å². The summed E-state index contributed by atoms with van der Waals surface area (Å²) in [6.07, 6.45) is 3.72. The highest BCUT2D eigenvalue weighted by Gasteiger charge is 2.13. The average molecular weight is 237 g/mol. The fourth-order valence-corrected chi connectivity index (χ4v) is 2.13. The molecule has 1 saturated heterocycles. The van der Waals surface area contributed by atoms with Crippen molar-refractivity contribution in [2.45, 2.75) is 19.3 Å². The van der Waals surface area contributed by atoms with Crippen LogP contribution in [-0.4, -0.2) is 13.1 Å². The first-order chi connectivity index (χ1) is 7.38. The van der Waals surface area contributed by atoms with Crippen LogP contribution in [0.3, 0.4) is 0 Å². The zero-order valence-corrected chi connectivity index (χ0v) is 10.0. The number of nitrogens with one attached hydrogen (secondary N) is 1. The minimum Gasteiger partial charge on any atom is -1.00 e. The molecule has 3 heteroatoms. The summed E-state index contributed by atoms with van der Waals surface area (Å²) in [5.41, 5.74) is 2.12. The van der Waals surface area contributed by atoms with Crippen LogP contribution in [0.5, 0.6) is 0 Å². The molecule has 1 heterocycles. The van der Waals surface area contributed by atoms with E-state index in [1.165, 1.54) is 18.4 Å². The molecular weight excluding hydrogens is 220 g/mol. The van der Waals surface area contributed by atoms with Gasteiger partial charge in [-0.05, 0) is 56.0 Å². The van der Waals surface area contributed by atoms with Crippen molar-refractivity contribution >= 4 is 0 Å². The van der Waals surface area contributed by atoms with Crippen LogP contribution in [0, 0.1) is 17.2 Å². The summed E-state index contributed by atoms with van der Waals surface area (Å²) in [4.78, 5) is 0. The topological polar surface area (TPSA) is 35.8 Å². The van der Waals surface area contributed by atoms with E-state index in [2.05, 4.69) is 23.5 Å². The van der Waals surface area contributed by atoms with Gasteiger partial charge in [0, 0.05) is 0 Å². The van der Waals surface area contributed by atoms with Gasteiger partial charge in [0.1, 0.15) is 0 Å². The minimum atomic E-state index is 0. The SMILES string of the molecule is N#Cc1ccc(CC2CCNCC2)cc1.[Cl-].[H+]. The number of benzene rings is 1. The Balaban J connectivity index is 0.00000128. The highest BCUT2D eigenvalue weighted by molar-refractivity contribution is 5.31. The zero-order valence-electron chi connectivity index (χ0n) is 10.2. The summed E-state index contributed by atoms with van der Waals surface area (Å²) < 4.78 is 0. The molecule has 1 N–H and O–H groups in total. The van der Waals surface area contributed by atoms with E-state index < -0.39 is 0 Å². The quantitative estimate of drug-likeness (QED) is 0.731. The summed E-state index contributed by atoms with van der Waals surface area (Å²) >= 11 is 0. The average Bonchev–Trinajstić information content (AvgIpc) is 2.31. The van der Waals surface area contributed by atoms with Crippen LogP contribution in [0.2, 0.25) is 0 Å². The van der Waals surface area contributed by atoms with Gasteiger partial charge in [0.05, 0.1) is 11.6 Å². The summed E-state index contributed by atoms with van der Waals surface area (Å²) in [6, 6.07) is 10.1. The van der Waals surface area contributed by atoms with Gasteiger partial charge in [-0.25, -0.2) is 0 Å². The Morgan fingerprint density at radius 2 is 1.88 bits per heavy atom. The summed E-state index contributed by atoms with van der Waals surface area (Å²) in [7, 11) is 0. The van der Waals surface area contributed by atoms with Crippen molar-refractivity contribution in [3.63, 3.8) is 0 Å². The lowest BCUT2D eigenvalue weighted by Crippen LogP contribution is -3.00. The molecule has 86 valence electrons. The Morgan fingerprint density at radius 3 is 2.44 bits per heavy atom. The predicted molar refractivity (Wildman–Crippen MR) is 61.6 cm³/mol. The third-order valence-electron chi connectivity index (χ3n) is 3.07. The third kappa shape index (κ3) is 3.52. The van der Waals surface area contributed by atoms with Crippen LogP contribution >= 0.6 is 0 Å². The second-order valence-electron chi connectivity index (χ2n) is 4.21. The molecule has 0 atom stereocenters. The lowest BCUT2D eigenvalue weighted by molar-refractivity contribution is -0.00000343. The van der Waals surface area contributed by atoms with Gasteiger partial charge in [-0.15, -0.1) is 0 Å². The Kier molecular flexibility index (Phi) is 5.31. The van der Waals surface area contributed by atoms with Crippen molar-refractivity contribution in [1.82, 2.24) is 5.32 Å². The Bertz CT molecular complexity index is 353. The first-order valence-corrected chi connectivity index (χ1v) is 5.58. The summed E-state index contributed by atoms with van der Waals surface area (Å²) in [5.74, 6) is 0.819. The van der Waals surface area contributed by atoms with Crippen LogP contribution in [0.1, 0.15) is 25.4 Å². The van der Waals surface area contributed by atoms with E-state index in [9.17, 15) is 0 Å². The molecule has 0 saturated carbocycles. The molecule has 0 unspecified atom stereocenters. The fourth-order valence-electron chi connectivity index (χ4n) is 2.13. The maximum absolute atomic E-state index is 8.69. The largest absolute Gasteiger partial charge is 1.00 e. The van der Waals surface area contributed by atoms with Crippen molar-refractivity contribution < 1.29 is 13.8 Å². The molecule has 0 aliphatic carbocycles. The van der Waals surface area contributed by atoms with Gasteiger partial charge in [-0.2, -0.15) is 5.26 Å². The standard InChI is InChI=1S/C13H16N2.ClH/c14-10-13-3-1-11(2-4-13)9-12-5-7-15-8-6-12;/h1-4,12,15H,5-9H2;1H. The van der Waals surface area contributed by atoms with Gasteiger partial charge in [-0.3, -0.25) is 0 Å². The van der Waals surface area contributed by atoms with Crippen molar-refractivity contribution in [2.24, 2.45) is 5.92 Å². The molecule has 2 nitrogen and oxygen atoms in total. The smallest absolute Gasteiger partial charge is 1.00 e. The van der Waals surface area contributed by atoms with Crippen LogP contribution in [0.15, 0.2) is 24.3 Å². The molecule has 2 rings (SSSR count). The number of rotatable bonds is 2. The molecule has 0 bridgehead atoms. The van der Waals surface area contributed by atoms with Crippen molar-refractivity contribution in [1.29, 1.82) is 5.26 Å². The van der Waals surface area contributed by atoms with Crippen LogP contribution in [0.4, 0.5) is 0 Å². The number of hydrogen-bond acceptors (Lipinski definition) is 2. The number of nitriles is 1. The van der Waals surface area contributed by atoms with E-state index >= 15 is 0 Å². The first-order valence-electron chi connectivity index (χ1n) is 5.58. The van der Waals surface area contributed by atoms with E-state index in [4.69, 9.17) is 5.26 Å². The second-order valence-corrected chi connectivity index (χ2v) is 4.21. The Hall–Kier alpha value is -1.04. The number of piperidine rings is 1. The van der Waals surface area contributed by atoms with E-state index in [-0.39, 0.29) is 13.8 Å². The van der Waals surface area contributed by atoms with Crippen LogP contribution < -0.4 is 17.7 Å². The number of halogens is 1. The lowest BCUT2D eigenvalue weighted by Gasteiger charge is -2.22. The molecule has 0 aromatic heterocycles. The maximum Gasteiger partial charge on any atom is 1.00 e. The first kappa shape index (κ1) is 13.0. The van der Waals surface area contributed by atoms with Gasteiger partial charge < -0.3 is 17.7 Å². The highest BCUT2D eigenvalue weighted by atomic mass is 35.5. The summed E-state index contributed by atoms with van der Waals surface area (Å²) in [6.45, 7) is 2.31. The van der Waals surface area contributed by atoms with Gasteiger partial charge in [0.25, 0.3) is 0 Å². The molecule has 1 fully saturated rings. The monoisotopic (exact) mass is 236 g/mol. The summed E-state index contributed by atoms with van der Waals surface area (Å²) in [5, 5.41) is 12.1. The van der Waals surface area contributed by atoms with Gasteiger partial charge in [-0.1, -0.05) is 12.1 Å². The Morgan fingerprint density at radius 1 is 1.25 bits per heavy atom. The van der Waals surface area contributed by atoms with Gasteiger partial charge in [0.15, 0.2) is 0 Å². The Labute approximate surface area is 105 Å². The number of nitrogens with zero attached hydrogens (tertiary/aromatic N) is 1. The lowest BCUT2D eigenvalue weighted by atomic mass is 9.91. The van der Waals surface area contributed by atoms with Crippen molar-refractivity contribution in [3.8, 4) is 6.07 Å².